The van der Waals surface area contributed by atoms with Crippen LogP contribution >= 0.6 is 22.9 Å². The zero-order valence-corrected chi connectivity index (χ0v) is 20.3. The van der Waals surface area contributed by atoms with Crippen molar-refractivity contribution in [3.63, 3.8) is 0 Å². The molecule has 0 spiro atoms. The lowest BCUT2D eigenvalue weighted by atomic mass is 10.1. The van der Waals surface area contributed by atoms with Crippen molar-refractivity contribution in [3.8, 4) is 17.3 Å². The van der Waals surface area contributed by atoms with Crippen molar-refractivity contribution in [3.05, 3.63) is 45.4 Å². The number of hydrogen-bond acceptors (Lipinski definition) is 5. The Hall–Kier alpha value is -1.87. The highest BCUT2D eigenvalue weighted by Crippen LogP contribution is 2.28. The molecule has 2 aromatic rings. The number of aliphatic hydroxyl groups excluding tert-OH is 1. The van der Waals surface area contributed by atoms with E-state index < -0.39 is 0 Å². The summed E-state index contributed by atoms with van der Waals surface area (Å²) in [5.74, 6) is 0.116. The van der Waals surface area contributed by atoms with Crippen LogP contribution in [-0.4, -0.2) is 34.6 Å². The molecule has 0 saturated heterocycles. The first-order chi connectivity index (χ1) is 15.1. The Bertz CT molecular complexity index is 842. The molecule has 0 fully saturated rings. The SMILES string of the molecule is CCCCCCN(CCCCCC)C/C(O)=C(\C#N)c1nc(-c2ccc(Cl)cc2)cs1. The van der Waals surface area contributed by atoms with E-state index in [4.69, 9.17) is 11.6 Å². The van der Waals surface area contributed by atoms with Gasteiger partial charge in [0, 0.05) is 16.0 Å². The molecule has 2 rings (SSSR count). The first-order valence-electron chi connectivity index (χ1n) is 11.3. The van der Waals surface area contributed by atoms with Crippen molar-refractivity contribution in [1.29, 1.82) is 5.26 Å². The Labute approximate surface area is 196 Å². The van der Waals surface area contributed by atoms with E-state index in [0.717, 1.165) is 37.2 Å². The quantitative estimate of drug-likeness (QED) is 0.178. The third-order valence-electron chi connectivity index (χ3n) is 5.29. The monoisotopic (exact) mass is 459 g/mol. The van der Waals surface area contributed by atoms with Gasteiger partial charge in [-0.1, -0.05) is 76.1 Å². The number of aromatic nitrogens is 1. The lowest BCUT2D eigenvalue weighted by Gasteiger charge is -2.22. The molecule has 1 heterocycles. The van der Waals surface area contributed by atoms with Gasteiger partial charge in [-0.3, -0.25) is 4.90 Å². The fourth-order valence-electron chi connectivity index (χ4n) is 3.46. The van der Waals surface area contributed by atoms with E-state index in [-0.39, 0.29) is 11.3 Å². The summed E-state index contributed by atoms with van der Waals surface area (Å²) in [6.45, 7) is 6.72. The van der Waals surface area contributed by atoms with Gasteiger partial charge in [-0.25, -0.2) is 4.98 Å². The van der Waals surface area contributed by atoms with Gasteiger partial charge in [-0.15, -0.1) is 11.3 Å². The highest BCUT2D eigenvalue weighted by atomic mass is 35.5. The molecule has 1 N–H and O–H groups in total. The summed E-state index contributed by atoms with van der Waals surface area (Å²) in [5, 5.41) is 23.7. The maximum absolute atomic E-state index is 10.8. The standard InChI is InChI=1S/C25H34ClN3OS/c1-3-5-7-9-15-29(16-10-8-6-4-2)18-24(30)22(17-27)25-28-23(19-31-25)20-11-13-21(26)14-12-20/h11-14,19,30H,3-10,15-16,18H2,1-2H3/b24-22-. The van der Waals surface area contributed by atoms with E-state index in [1.165, 1.54) is 49.9 Å². The Morgan fingerprint density at radius 1 is 1.03 bits per heavy atom. The second kappa shape index (κ2) is 14.2. The van der Waals surface area contributed by atoms with Crippen molar-refractivity contribution >= 4 is 28.5 Å². The molecule has 1 aromatic carbocycles. The van der Waals surface area contributed by atoms with Crippen molar-refractivity contribution in [1.82, 2.24) is 9.88 Å². The maximum atomic E-state index is 10.8. The van der Waals surface area contributed by atoms with E-state index in [9.17, 15) is 10.4 Å². The third-order valence-corrected chi connectivity index (χ3v) is 6.40. The molecular weight excluding hydrogens is 426 g/mol. The second-order valence-corrected chi connectivity index (χ2v) is 9.17. The Morgan fingerprint density at radius 3 is 2.19 bits per heavy atom. The van der Waals surface area contributed by atoms with Crippen LogP contribution in [0.3, 0.4) is 0 Å². The molecule has 4 nitrogen and oxygen atoms in total. The highest BCUT2D eigenvalue weighted by Gasteiger charge is 2.16. The third kappa shape index (κ3) is 8.65. The van der Waals surface area contributed by atoms with Crippen LogP contribution in [0.1, 0.15) is 70.2 Å². The molecule has 6 heteroatoms. The molecule has 0 amide bonds. The fraction of sp³-hybridized carbons (Fsp3) is 0.520. The zero-order valence-electron chi connectivity index (χ0n) is 18.7. The van der Waals surface area contributed by atoms with Crippen molar-refractivity contribution in [2.24, 2.45) is 0 Å². The molecule has 31 heavy (non-hydrogen) atoms. The van der Waals surface area contributed by atoms with Gasteiger partial charge < -0.3 is 5.11 Å². The lowest BCUT2D eigenvalue weighted by Crippen LogP contribution is -2.28. The fourth-order valence-corrected chi connectivity index (χ4v) is 4.43. The Morgan fingerprint density at radius 2 is 1.65 bits per heavy atom. The molecule has 0 aliphatic rings. The highest BCUT2D eigenvalue weighted by molar-refractivity contribution is 7.11. The molecule has 0 aliphatic heterocycles. The summed E-state index contributed by atoms with van der Waals surface area (Å²) in [6.07, 6.45) is 9.54. The summed E-state index contributed by atoms with van der Waals surface area (Å²) in [4.78, 5) is 6.88. The van der Waals surface area contributed by atoms with Crippen LogP contribution in [0.15, 0.2) is 35.4 Å². The van der Waals surface area contributed by atoms with E-state index in [1.807, 2.05) is 29.6 Å². The van der Waals surface area contributed by atoms with Crippen molar-refractivity contribution < 1.29 is 5.11 Å². The van der Waals surface area contributed by atoms with Gasteiger partial charge in [-0.2, -0.15) is 5.26 Å². The first-order valence-corrected chi connectivity index (χ1v) is 12.6. The number of hydrogen-bond donors (Lipinski definition) is 1. The minimum atomic E-state index is 0.116. The smallest absolute Gasteiger partial charge is 0.138 e. The Balaban J connectivity index is 2.11. The largest absolute Gasteiger partial charge is 0.509 e. The van der Waals surface area contributed by atoms with E-state index in [0.29, 0.717) is 16.6 Å². The van der Waals surface area contributed by atoms with Gasteiger partial charge in [0.25, 0.3) is 0 Å². The molecule has 168 valence electrons. The number of benzene rings is 1. The molecule has 1 aromatic heterocycles. The summed E-state index contributed by atoms with van der Waals surface area (Å²) in [7, 11) is 0. The van der Waals surface area contributed by atoms with Crippen LogP contribution < -0.4 is 0 Å². The van der Waals surface area contributed by atoms with Gasteiger partial charge in [0.05, 0.1) is 12.2 Å². The topological polar surface area (TPSA) is 60.1 Å². The predicted octanol–water partition coefficient (Wildman–Crippen LogP) is 7.72. The number of aliphatic hydroxyl groups is 1. The van der Waals surface area contributed by atoms with Gasteiger partial charge in [0.1, 0.15) is 22.4 Å². The molecule has 0 saturated carbocycles. The average Bonchev–Trinajstić information content (AvgIpc) is 3.24. The molecule has 0 bridgehead atoms. The van der Waals surface area contributed by atoms with E-state index in [2.05, 4.69) is 29.8 Å². The summed E-state index contributed by atoms with van der Waals surface area (Å²) in [5.41, 5.74) is 2.00. The van der Waals surface area contributed by atoms with Crippen LogP contribution in [0.25, 0.3) is 16.8 Å². The number of rotatable bonds is 14. The number of nitriles is 1. The van der Waals surface area contributed by atoms with Gasteiger partial charge >= 0.3 is 0 Å². The summed E-state index contributed by atoms with van der Waals surface area (Å²) in [6, 6.07) is 9.64. The second-order valence-electron chi connectivity index (χ2n) is 7.88. The maximum Gasteiger partial charge on any atom is 0.138 e. The molecule has 0 atom stereocenters. The molecule has 0 radical (unpaired) electrons. The number of thiazole rings is 1. The van der Waals surface area contributed by atoms with Crippen molar-refractivity contribution in [2.75, 3.05) is 19.6 Å². The Kier molecular flexibility index (Phi) is 11.7. The van der Waals surface area contributed by atoms with Crippen LogP contribution in [0, 0.1) is 11.3 Å². The van der Waals surface area contributed by atoms with Gasteiger partial charge in [-0.05, 0) is 38.1 Å². The molecular formula is C25H34ClN3OS. The molecule has 0 aliphatic carbocycles. The number of allylic oxidation sites excluding steroid dienone is 1. The predicted molar refractivity (Wildman–Crippen MR) is 132 cm³/mol. The first kappa shape index (κ1) is 25.4. The normalized spacial score (nSPS) is 12.1. The zero-order chi connectivity index (χ0) is 22.5. The van der Waals surface area contributed by atoms with E-state index in [1.54, 1.807) is 0 Å². The number of nitrogens with zero attached hydrogens (tertiary/aromatic N) is 3. The van der Waals surface area contributed by atoms with Gasteiger partial charge in [0.2, 0.25) is 0 Å². The number of halogens is 1. The van der Waals surface area contributed by atoms with Crippen LogP contribution in [0.2, 0.25) is 5.02 Å². The van der Waals surface area contributed by atoms with Crippen LogP contribution in [0.5, 0.6) is 0 Å². The van der Waals surface area contributed by atoms with Crippen molar-refractivity contribution in [2.45, 2.75) is 65.2 Å². The average molecular weight is 460 g/mol. The minimum absolute atomic E-state index is 0.116. The molecule has 0 unspecified atom stereocenters. The van der Waals surface area contributed by atoms with E-state index >= 15 is 0 Å². The summed E-state index contributed by atoms with van der Waals surface area (Å²) >= 11 is 7.35. The number of unbranched alkanes of at least 4 members (excludes halogenated alkanes) is 6. The van der Waals surface area contributed by atoms with Gasteiger partial charge in [0.15, 0.2) is 0 Å². The minimum Gasteiger partial charge on any atom is -0.509 e. The van der Waals surface area contributed by atoms with Crippen LogP contribution in [0.4, 0.5) is 0 Å². The summed E-state index contributed by atoms with van der Waals surface area (Å²) < 4.78 is 0. The lowest BCUT2D eigenvalue weighted by molar-refractivity contribution is 0.241. The van der Waals surface area contributed by atoms with Crippen LogP contribution in [-0.2, 0) is 0 Å².